The summed E-state index contributed by atoms with van der Waals surface area (Å²) in [5, 5.41) is 14.8. The Morgan fingerprint density at radius 2 is 2.44 bits per heavy atom. The van der Waals surface area contributed by atoms with E-state index in [1.165, 1.54) is 0 Å². The number of H-pyrrole nitrogens is 1. The smallest absolute Gasteiger partial charge is 0.244 e. The summed E-state index contributed by atoms with van der Waals surface area (Å²) in [6.07, 6.45) is 3.67. The van der Waals surface area contributed by atoms with Crippen LogP contribution < -0.4 is 10.2 Å². The molecule has 18 heavy (non-hydrogen) atoms. The molecule has 96 valence electrons. The molecule has 7 nitrogen and oxygen atoms in total. The van der Waals surface area contributed by atoms with Crippen molar-refractivity contribution < 1.29 is 0 Å². The van der Waals surface area contributed by atoms with E-state index in [1.807, 2.05) is 16.9 Å². The fraction of sp³-hybridized carbons (Fsp3) is 0.545. The largest absolute Gasteiger partial charge is 0.337 e. The first-order valence-corrected chi connectivity index (χ1v) is 6.18. The second-order valence-corrected chi connectivity index (χ2v) is 4.59. The molecule has 2 N–H and O–H groups in total. The van der Waals surface area contributed by atoms with Gasteiger partial charge in [0.25, 0.3) is 0 Å². The third-order valence-corrected chi connectivity index (χ3v) is 3.04. The van der Waals surface area contributed by atoms with Crippen LogP contribution in [0.2, 0.25) is 0 Å². The highest BCUT2D eigenvalue weighted by Gasteiger charge is 2.19. The third-order valence-electron chi connectivity index (χ3n) is 3.04. The van der Waals surface area contributed by atoms with Gasteiger partial charge in [-0.15, -0.1) is 5.10 Å². The van der Waals surface area contributed by atoms with E-state index in [4.69, 9.17) is 0 Å². The highest BCUT2D eigenvalue weighted by molar-refractivity contribution is 5.30. The lowest BCUT2D eigenvalue weighted by Crippen LogP contribution is -2.49. The molecule has 0 aliphatic carbocycles. The van der Waals surface area contributed by atoms with Gasteiger partial charge in [0, 0.05) is 38.1 Å². The molecule has 1 aliphatic rings. The van der Waals surface area contributed by atoms with Gasteiger partial charge in [0.05, 0.1) is 0 Å². The lowest BCUT2D eigenvalue weighted by atomic mass is 10.2. The maximum Gasteiger partial charge on any atom is 0.244 e. The molecule has 1 saturated heterocycles. The van der Waals surface area contributed by atoms with E-state index in [0.29, 0.717) is 12.6 Å². The van der Waals surface area contributed by atoms with Crippen LogP contribution in [-0.2, 0) is 6.54 Å². The van der Waals surface area contributed by atoms with Gasteiger partial charge in [-0.25, -0.2) is 0 Å². The lowest BCUT2D eigenvalue weighted by molar-refractivity contribution is 0.479. The minimum Gasteiger partial charge on any atom is -0.337 e. The van der Waals surface area contributed by atoms with Gasteiger partial charge in [0.2, 0.25) is 5.95 Å². The number of aromatic amines is 1. The topological polar surface area (TPSA) is 74.7 Å². The standard InChI is InChI=1S/C11H17N7/c1-9-7-17(6-4-12-9)11-14-10(15-16-11)8-18-5-2-3-13-18/h2-3,5,9,12H,4,6-8H2,1H3,(H,14,15,16). The molecule has 0 bridgehead atoms. The molecule has 7 heteroatoms. The van der Waals surface area contributed by atoms with Crippen LogP contribution in [0.1, 0.15) is 12.7 Å². The fourth-order valence-corrected chi connectivity index (χ4v) is 2.16. The number of anilines is 1. The normalized spacial score (nSPS) is 20.3. The number of hydrogen-bond donors (Lipinski definition) is 2. The average molecular weight is 247 g/mol. The van der Waals surface area contributed by atoms with Crippen molar-refractivity contribution >= 4 is 5.95 Å². The molecule has 1 atom stereocenters. The van der Waals surface area contributed by atoms with Crippen LogP contribution in [0.3, 0.4) is 0 Å². The van der Waals surface area contributed by atoms with Crippen LogP contribution in [-0.4, -0.2) is 50.6 Å². The second kappa shape index (κ2) is 4.77. The van der Waals surface area contributed by atoms with Crippen molar-refractivity contribution in [3.8, 4) is 0 Å². The van der Waals surface area contributed by atoms with Crippen molar-refractivity contribution in [3.63, 3.8) is 0 Å². The molecule has 0 aromatic carbocycles. The van der Waals surface area contributed by atoms with Gasteiger partial charge in [0.1, 0.15) is 12.4 Å². The molecular weight excluding hydrogens is 230 g/mol. The van der Waals surface area contributed by atoms with E-state index < -0.39 is 0 Å². The molecular formula is C11H17N7. The Hall–Kier alpha value is -1.89. The van der Waals surface area contributed by atoms with Crippen molar-refractivity contribution in [1.29, 1.82) is 0 Å². The molecule has 1 unspecified atom stereocenters. The van der Waals surface area contributed by atoms with Crippen LogP contribution >= 0.6 is 0 Å². The summed E-state index contributed by atoms with van der Waals surface area (Å²) in [5.41, 5.74) is 0. The summed E-state index contributed by atoms with van der Waals surface area (Å²) >= 11 is 0. The number of nitrogens with one attached hydrogen (secondary N) is 2. The Morgan fingerprint density at radius 3 is 3.22 bits per heavy atom. The number of hydrogen-bond acceptors (Lipinski definition) is 5. The van der Waals surface area contributed by atoms with E-state index in [9.17, 15) is 0 Å². The average Bonchev–Trinajstić information content (AvgIpc) is 3.01. The molecule has 0 amide bonds. The fourth-order valence-electron chi connectivity index (χ4n) is 2.16. The van der Waals surface area contributed by atoms with Crippen LogP contribution in [0.25, 0.3) is 0 Å². The zero-order chi connectivity index (χ0) is 12.4. The molecule has 3 heterocycles. The second-order valence-electron chi connectivity index (χ2n) is 4.59. The van der Waals surface area contributed by atoms with Gasteiger partial charge in [-0.3, -0.25) is 9.78 Å². The van der Waals surface area contributed by atoms with Crippen molar-refractivity contribution in [2.24, 2.45) is 0 Å². The molecule has 0 saturated carbocycles. The zero-order valence-electron chi connectivity index (χ0n) is 10.4. The SMILES string of the molecule is CC1CN(c2n[nH]c(Cn3cccn3)n2)CCN1. The molecule has 1 fully saturated rings. The van der Waals surface area contributed by atoms with Crippen LogP contribution in [0.5, 0.6) is 0 Å². The Labute approximate surface area is 105 Å². The highest BCUT2D eigenvalue weighted by Crippen LogP contribution is 2.10. The number of rotatable bonds is 3. The van der Waals surface area contributed by atoms with Gasteiger partial charge >= 0.3 is 0 Å². The molecule has 1 aliphatic heterocycles. The van der Waals surface area contributed by atoms with Gasteiger partial charge in [-0.05, 0) is 13.0 Å². The highest BCUT2D eigenvalue weighted by atomic mass is 15.4. The van der Waals surface area contributed by atoms with Gasteiger partial charge < -0.3 is 10.2 Å². The third kappa shape index (κ3) is 2.35. The Bertz CT molecular complexity index is 489. The van der Waals surface area contributed by atoms with E-state index >= 15 is 0 Å². The van der Waals surface area contributed by atoms with Crippen LogP contribution in [0.4, 0.5) is 5.95 Å². The summed E-state index contributed by atoms with van der Waals surface area (Å²) < 4.78 is 1.82. The van der Waals surface area contributed by atoms with Crippen molar-refractivity contribution in [3.05, 3.63) is 24.3 Å². The summed E-state index contributed by atoms with van der Waals surface area (Å²) in [6, 6.07) is 2.38. The Balaban J connectivity index is 1.69. The van der Waals surface area contributed by atoms with Crippen molar-refractivity contribution in [2.45, 2.75) is 19.5 Å². The quantitative estimate of drug-likeness (QED) is 0.789. The Morgan fingerprint density at radius 1 is 1.50 bits per heavy atom. The molecule has 0 radical (unpaired) electrons. The van der Waals surface area contributed by atoms with Crippen LogP contribution in [0.15, 0.2) is 18.5 Å². The minimum absolute atomic E-state index is 0.479. The van der Waals surface area contributed by atoms with Gasteiger partial charge in [0.15, 0.2) is 0 Å². The first kappa shape index (κ1) is 11.2. The molecule has 2 aromatic heterocycles. The molecule has 3 rings (SSSR count). The van der Waals surface area contributed by atoms with E-state index in [2.05, 4.69) is 37.4 Å². The number of aromatic nitrogens is 5. The first-order chi connectivity index (χ1) is 8.81. The Kier molecular flexibility index (Phi) is 2.97. The summed E-state index contributed by atoms with van der Waals surface area (Å²) in [4.78, 5) is 6.71. The predicted octanol–water partition coefficient (Wildman–Crippen LogP) is -0.152. The maximum absolute atomic E-state index is 4.51. The van der Waals surface area contributed by atoms with Crippen LogP contribution in [0, 0.1) is 0 Å². The zero-order valence-corrected chi connectivity index (χ0v) is 10.4. The van der Waals surface area contributed by atoms with Crippen molar-refractivity contribution in [2.75, 3.05) is 24.5 Å². The minimum atomic E-state index is 0.479. The monoisotopic (exact) mass is 247 g/mol. The molecule has 2 aromatic rings. The van der Waals surface area contributed by atoms with Gasteiger partial charge in [-0.1, -0.05) is 0 Å². The predicted molar refractivity (Wildman–Crippen MR) is 67.4 cm³/mol. The maximum atomic E-state index is 4.51. The van der Waals surface area contributed by atoms with E-state index in [-0.39, 0.29) is 0 Å². The number of nitrogens with zero attached hydrogens (tertiary/aromatic N) is 5. The lowest BCUT2D eigenvalue weighted by Gasteiger charge is -2.30. The van der Waals surface area contributed by atoms with E-state index in [0.717, 1.165) is 31.4 Å². The summed E-state index contributed by atoms with van der Waals surface area (Å²) in [6.45, 7) is 5.66. The summed E-state index contributed by atoms with van der Waals surface area (Å²) in [7, 11) is 0. The first-order valence-electron chi connectivity index (χ1n) is 6.18. The number of piperazine rings is 1. The van der Waals surface area contributed by atoms with Gasteiger partial charge in [-0.2, -0.15) is 10.1 Å². The summed E-state index contributed by atoms with van der Waals surface area (Å²) in [5.74, 6) is 1.62. The van der Waals surface area contributed by atoms with Crippen molar-refractivity contribution in [1.82, 2.24) is 30.3 Å². The van der Waals surface area contributed by atoms with E-state index in [1.54, 1.807) is 6.20 Å². The molecule has 0 spiro atoms.